The third-order valence-electron chi connectivity index (χ3n) is 5.63. The summed E-state index contributed by atoms with van der Waals surface area (Å²) in [5.41, 5.74) is 10.2. The maximum atomic E-state index is 12.9. The Kier molecular flexibility index (Phi) is 7.86. The molecule has 0 saturated heterocycles. The van der Waals surface area contributed by atoms with Crippen LogP contribution in [0.25, 0.3) is 21.7 Å². The van der Waals surface area contributed by atoms with Gasteiger partial charge in [0.2, 0.25) is 0 Å². The number of anilines is 3. The number of aliphatic imine (C=N–C) groups is 1. The molecule has 0 bridgehead atoms. The Bertz CT molecular complexity index is 1610. The number of rotatable bonds is 8. The Hall–Kier alpha value is -4.67. The van der Waals surface area contributed by atoms with Gasteiger partial charge < -0.3 is 26.1 Å². The highest BCUT2D eigenvalue weighted by molar-refractivity contribution is 7.14. The zero-order valence-corrected chi connectivity index (χ0v) is 22.4. The Morgan fingerprint density at radius 2 is 1.82 bits per heavy atom. The summed E-state index contributed by atoms with van der Waals surface area (Å²) >= 11 is 7.80. The van der Waals surface area contributed by atoms with Gasteiger partial charge in [-0.15, -0.1) is 21.5 Å². The number of nitrogens with zero attached hydrogens (tertiary/aromatic N) is 3. The first-order valence-corrected chi connectivity index (χ1v) is 13.3. The number of para-hydroxylation sites is 2. The number of carbonyl (C=O) groups is 1. The van der Waals surface area contributed by atoms with E-state index in [1.807, 2.05) is 66.0 Å². The summed E-state index contributed by atoms with van der Waals surface area (Å²) in [6.45, 7) is 2.00. The summed E-state index contributed by atoms with van der Waals surface area (Å²) in [4.78, 5) is 21.2. The van der Waals surface area contributed by atoms with E-state index in [1.54, 1.807) is 25.3 Å². The molecule has 0 aliphatic rings. The van der Waals surface area contributed by atoms with Crippen LogP contribution in [0.2, 0.25) is 5.02 Å². The fraction of sp³-hybridized carbons (Fsp3) is 0.0714. The fourth-order valence-electron chi connectivity index (χ4n) is 3.88. The number of thiophene rings is 1. The van der Waals surface area contributed by atoms with Crippen LogP contribution in [0.4, 0.5) is 23.0 Å². The van der Waals surface area contributed by atoms with E-state index in [1.165, 1.54) is 11.3 Å². The zero-order chi connectivity index (χ0) is 27.2. The molecule has 0 atom stereocenters. The second kappa shape index (κ2) is 11.8. The predicted molar refractivity (Wildman–Crippen MR) is 157 cm³/mol. The van der Waals surface area contributed by atoms with Gasteiger partial charge in [-0.2, -0.15) is 4.99 Å². The minimum Gasteiger partial charge on any atom is -0.462 e. The minimum absolute atomic E-state index is 0.120. The van der Waals surface area contributed by atoms with Gasteiger partial charge in [-0.1, -0.05) is 54.1 Å². The van der Waals surface area contributed by atoms with E-state index < -0.39 is 5.97 Å². The first kappa shape index (κ1) is 26.0. The topological polar surface area (TPSA) is 130 Å². The summed E-state index contributed by atoms with van der Waals surface area (Å²) in [6, 6.07) is 22.5. The molecular weight excluding hydrogens is 534 g/mol. The van der Waals surface area contributed by atoms with E-state index in [2.05, 4.69) is 30.8 Å². The summed E-state index contributed by atoms with van der Waals surface area (Å²) in [5, 5.41) is 17.2. The number of hydrogen-bond donors (Lipinski definition) is 4. The van der Waals surface area contributed by atoms with E-state index in [4.69, 9.17) is 22.1 Å². The Balaban J connectivity index is 1.39. The van der Waals surface area contributed by atoms with Gasteiger partial charge in [-0.05, 0) is 42.6 Å². The van der Waals surface area contributed by atoms with E-state index in [0.717, 1.165) is 16.1 Å². The number of carbonyl (C=O) groups excluding carboxylic acids is 1. The fourth-order valence-corrected chi connectivity index (χ4v) is 5.06. The standard InChI is InChI=1S/C28H24ClN7O2S/c1-2-38-27(37)24-18(25-19(29)14-15-39-25)16-31-26(24)32-21-10-6-7-11-22(21)33-28(30)34-23-13-12-20(35-36-23)17-8-4-3-5-9-17/h3-16,31-32H,2H2,1H3,(H3,30,33,34,36). The van der Waals surface area contributed by atoms with Gasteiger partial charge in [0, 0.05) is 17.3 Å². The summed E-state index contributed by atoms with van der Waals surface area (Å²) in [7, 11) is 0. The van der Waals surface area contributed by atoms with Crippen molar-refractivity contribution in [1.82, 2.24) is 15.2 Å². The van der Waals surface area contributed by atoms with E-state index in [-0.39, 0.29) is 12.6 Å². The number of guanidine groups is 1. The van der Waals surface area contributed by atoms with Gasteiger partial charge in [0.25, 0.3) is 0 Å². The maximum absolute atomic E-state index is 12.9. The number of halogens is 1. The number of ether oxygens (including phenoxy) is 1. The van der Waals surface area contributed by atoms with Crippen molar-refractivity contribution in [3.8, 4) is 21.7 Å². The van der Waals surface area contributed by atoms with Gasteiger partial charge in [-0.25, -0.2) is 4.79 Å². The predicted octanol–water partition coefficient (Wildman–Crippen LogP) is 6.83. The molecule has 0 fully saturated rings. The number of H-pyrrole nitrogens is 1. The molecule has 5 aromatic rings. The summed E-state index contributed by atoms with van der Waals surface area (Å²) < 4.78 is 5.34. The smallest absolute Gasteiger partial charge is 0.342 e. The average Bonchev–Trinajstić information content (AvgIpc) is 3.56. The molecule has 39 heavy (non-hydrogen) atoms. The molecule has 0 aliphatic heterocycles. The molecule has 5 rings (SSSR count). The number of aromatic amines is 1. The quantitative estimate of drug-likeness (QED) is 0.0933. The van der Waals surface area contributed by atoms with Crippen LogP contribution in [0, 0.1) is 0 Å². The van der Waals surface area contributed by atoms with Crippen LogP contribution >= 0.6 is 22.9 Å². The van der Waals surface area contributed by atoms with Crippen LogP contribution in [-0.4, -0.2) is 33.7 Å². The van der Waals surface area contributed by atoms with Crippen molar-refractivity contribution < 1.29 is 9.53 Å². The number of aromatic nitrogens is 3. The highest BCUT2D eigenvalue weighted by atomic mass is 35.5. The number of nitrogens with one attached hydrogen (secondary N) is 3. The van der Waals surface area contributed by atoms with E-state index in [0.29, 0.717) is 39.2 Å². The molecular formula is C28H24ClN7O2S. The molecule has 3 heterocycles. The van der Waals surface area contributed by atoms with E-state index >= 15 is 0 Å². The van der Waals surface area contributed by atoms with Gasteiger partial charge in [0.1, 0.15) is 11.4 Å². The van der Waals surface area contributed by atoms with Crippen molar-refractivity contribution in [2.24, 2.45) is 10.7 Å². The second-order valence-electron chi connectivity index (χ2n) is 8.21. The lowest BCUT2D eigenvalue weighted by Gasteiger charge is -2.14. The first-order chi connectivity index (χ1) is 19.0. The highest BCUT2D eigenvalue weighted by Crippen LogP contribution is 2.39. The molecule has 0 radical (unpaired) electrons. The largest absolute Gasteiger partial charge is 0.462 e. The third kappa shape index (κ3) is 5.92. The van der Waals surface area contributed by atoms with Crippen molar-refractivity contribution in [2.45, 2.75) is 6.92 Å². The van der Waals surface area contributed by atoms with Crippen molar-refractivity contribution >= 4 is 57.9 Å². The van der Waals surface area contributed by atoms with Crippen LogP contribution in [0.3, 0.4) is 0 Å². The zero-order valence-electron chi connectivity index (χ0n) is 20.8. The second-order valence-corrected chi connectivity index (χ2v) is 9.53. The highest BCUT2D eigenvalue weighted by Gasteiger charge is 2.24. The normalized spacial score (nSPS) is 11.3. The van der Waals surface area contributed by atoms with Crippen LogP contribution in [0.1, 0.15) is 17.3 Å². The Labute approximate surface area is 233 Å². The Morgan fingerprint density at radius 1 is 1.05 bits per heavy atom. The molecule has 3 aromatic heterocycles. The van der Waals surface area contributed by atoms with Crippen LogP contribution in [0.15, 0.2) is 89.4 Å². The Morgan fingerprint density at radius 3 is 2.51 bits per heavy atom. The maximum Gasteiger partial charge on any atom is 0.342 e. The molecule has 0 amide bonds. The monoisotopic (exact) mass is 557 g/mol. The average molecular weight is 558 g/mol. The lowest BCUT2D eigenvalue weighted by molar-refractivity contribution is 0.0528. The summed E-state index contributed by atoms with van der Waals surface area (Å²) in [5.74, 6) is 0.468. The van der Waals surface area contributed by atoms with E-state index in [9.17, 15) is 4.79 Å². The number of hydrogen-bond acceptors (Lipinski definition) is 7. The van der Waals surface area contributed by atoms with Crippen molar-refractivity contribution in [1.29, 1.82) is 0 Å². The van der Waals surface area contributed by atoms with Crippen LogP contribution in [-0.2, 0) is 4.74 Å². The van der Waals surface area contributed by atoms with Crippen LogP contribution in [0.5, 0.6) is 0 Å². The van der Waals surface area contributed by atoms with Gasteiger partial charge in [0.15, 0.2) is 11.8 Å². The minimum atomic E-state index is -0.468. The molecule has 0 spiro atoms. The number of benzene rings is 2. The molecule has 2 aromatic carbocycles. The molecule has 0 aliphatic carbocycles. The van der Waals surface area contributed by atoms with Gasteiger partial charge in [0.05, 0.1) is 33.6 Å². The molecule has 5 N–H and O–H groups in total. The lowest BCUT2D eigenvalue weighted by atomic mass is 10.1. The summed E-state index contributed by atoms with van der Waals surface area (Å²) in [6.07, 6.45) is 1.73. The first-order valence-electron chi connectivity index (χ1n) is 12.0. The molecule has 11 heteroatoms. The van der Waals surface area contributed by atoms with Crippen molar-refractivity contribution in [2.75, 3.05) is 17.2 Å². The van der Waals surface area contributed by atoms with Crippen molar-refractivity contribution in [3.63, 3.8) is 0 Å². The van der Waals surface area contributed by atoms with Crippen LogP contribution < -0.4 is 16.4 Å². The SMILES string of the molecule is CCOC(=O)c1c(-c2sccc2Cl)c[nH]c1Nc1ccccc1NC(N)=Nc1ccc(-c2ccccc2)nn1. The van der Waals surface area contributed by atoms with Gasteiger partial charge >= 0.3 is 5.97 Å². The third-order valence-corrected chi connectivity index (χ3v) is 7.00. The molecule has 0 saturated carbocycles. The molecule has 196 valence electrons. The number of nitrogens with two attached hydrogens (primary N) is 1. The molecule has 9 nitrogen and oxygen atoms in total. The van der Waals surface area contributed by atoms with Crippen molar-refractivity contribution in [3.05, 3.63) is 95.0 Å². The number of esters is 1. The van der Waals surface area contributed by atoms with Gasteiger partial charge in [-0.3, -0.25) is 0 Å². The molecule has 0 unspecified atom stereocenters. The lowest BCUT2D eigenvalue weighted by Crippen LogP contribution is -2.22.